The zero-order chi connectivity index (χ0) is 18.1. The summed E-state index contributed by atoms with van der Waals surface area (Å²) in [6.07, 6.45) is 6.85. The highest BCUT2D eigenvalue weighted by Gasteiger charge is 2.32. The third kappa shape index (κ3) is 3.11. The fourth-order valence-corrected chi connectivity index (χ4v) is 3.87. The Labute approximate surface area is 151 Å². The quantitative estimate of drug-likeness (QED) is 0.891. The predicted molar refractivity (Wildman–Crippen MR) is 92.5 cm³/mol. The molecule has 4 heterocycles. The third-order valence-corrected chi connectivity index (χ3v) is 5.24. The minimum absolute atomic E-state index is 0.0623. The fraction of sp³-hybridized carbons (Fsp3) is 0.556. The first kappa shape index (κ1) is 16.8. The van der Waals surface area contributed by atoms with Gasteiger partial charge in [0.1, 0.15) is 24.0 Å². The molecule has 26 heavy (non-hydrogen) atoms. The topological polar surface area (TPSA) is 93.3 Å². The first-order chi connectivity index (χ1) is 12.6. The predicted octanol–water partition coefficient (Wildman–Crippen LogP) is 1.34. The highest BCUT2D eigenvalue weighted by molar-refractivity contribution is 5.97. The van der Waals surface area contributed by atoms with Crippen LogP contribution in [0.5, 0.6) is 0 Å². The van der Waals surface area contributed by atoms with E-state index < -0.39 is 6.04 Å². The SMILES string of the molecule is CC(NC(=O)c1ccoc1)C(=O)N1CCCC(c2nnc3n2CCC3)C1. The second kappa shape index (κ2) is 6.93. The van der Waals surface area contributed by atoms with Crippen LogP contribution < -0.4 is 5.32 Å². The third-order valence-electron chi connectivity index (χ3n) is 5.24. The number of rotatable bonds is 4. The molecule has 138 valence electrons. The molecule has 2 unspecified atom stereocenters. The number of aromatic nitrogens is 3. The van der Waals surface area contributed by atoms with E-state index in [2.05, 4.69) is 20.1 Å². The molecule has 1 saturated heterocycles. The number of hydrogen-bond acceptors (Lipinski definition) is 5. The van der Waals surface area contributed by atoms with Gasteiger partial charge in [0, 0.05) is 32.0 Å². The summed E-state index contributed by atoms with van der Waals surface area (Å²) in [5, 5.41) is 11.4. The lowest BCUT2D eigenvalue weighted by molar-refractivity contribution is -0.134. The summed E-state index contributed by atoms with van der Waals surface area (Å²) in [6, 6.07) is 0.996. The zero-order valence-electron chi connectivity index (χ0n) is 14.9. The molecule has 2 aliphatic heterocycles. The lowest BCUT2D eigenvalue weighted by atomic mass is 9.96. The van der Waals surface area contributed by atoms with Gasteiger partial charge in [0.15, 0.2) is 0 Å². The lowest BCUT2D eigenvalue weighted by Gasteiger charge is -2.34. The van der Waals surface area contributed by atoms with Crippen molar-refractivity contribution in [3.05, 3.63) is 35.8 Å². The maximum atomic E-state index is 12.8. The van der Waals surface area contributed by atoms with Crippen molar-refractivity contribution in [1.82, 2.24) is 25.0 Å². The molecule has 2 aliphatic rings. The lowest BCUT2D eigenvalue weighted by Crippen LogP contribution is -2.49. The number of aryl methyl sites for hydroxylation is 1. The van der Waals surface area contributed by atoms with E-state index in [9.17, 15) is 9.59 Å². The monoisotopic (exact) mass is 357 g/mol. The Kier molecular flexibility index (Phi) is 4.48. The molecule has 0 bridgehead atoms. The summed E-state index contributed by atoms with van der Waals surface area (Å²) in [5.41, 5.74) is 0.417. The van der Waals surface area contributed by atoms with Gasteiger partial charge in [-0.2, -0.15) is 0 Å². The van der Waals surface area contributed by atoms with E-state index >= 15 is 0 Å². The Bertz CT molecular complexity index is 798. The number of fused-ring (bicyclic) bond motifs is 1. The van der Waals surface area contributed by atoms with Gasteiger partial charge in [0.25, 0.3) is 5.91 Å². The molecule has 0 aliphatic carbocycles. The molecule has 8 nitrogen and oxygen atoms in total. The molecule has 4 rings (SSSR count). The van der Waals surface area contributed by atoms with E-state index in [0.29, 0.717) is 18.7 Å². The van der Waals surface area contributed by atoms with Gasteiger partial charge in [-0.3, -0.25) is 9.59 Å². The number of hydrogen-bond donors (Lipinski definition) is 1. The molecular weight excluding hydrogens is 334 g/mol. The van der Waals surface area contributed by atoms with Crippen molar-refractivity contribution in [2.24, 2.45) is 0 Å². The Morgan fingerprint density at radius 1 is 1.31 bits per heavy atom. The largest absolute Gasteiger partial charge is 0.472 e. The highest BCUT2D eigenvalue weighted by Crippen LogP contribution is 2.28. The van der Waals surface area contributed by atoms with Crippen LogP contribution in [0.4, 0.5) is 0 Å². The van der Waals surface area contributed by atoms with E-state index in [1.54, 1.807) is 13.0 Å². The van der Waals surface area contributed by atoms with E-state index in [0.717, 1.165) is 43.9 Å². The Morgan fingerprint density at radius 3 is 3.00 bits per heavy atom. The second-order valence-corrected chi connectivity index (χ2v) is 7.06. The van der Waals surface area contributed by atoms with Gasteiger partial charge in [-0.05, 0) is 32.3 Å². The molecule has 8 heteroatoms. The first-order valence-corrected chi connectivity index (χ1v) is 9.17. The fourth-order valence-electron chi connectivity index (χ4n) is 3.87. The smallest absolute Gasteiger partial charge is 0.255 e. The molecule has 2 aromatic rings. The first-order valence-electron chi connectivity index (χ1n) is 9.17. The van der Waals surface area contributed by atoms with Crippen molar-refractivity contribution in [3.63, 3.8) is 0 Å². The van der Waals surface area contributed by atoms with E-state index in [4.69, 9.17) is 4.42 Å². The zero-order valence-corrected chi connectivity index (χ0v) is 14.9. The van der Waals surface area contributed by atoms with Crippen molar-refractivity contribution in [1.29, 1.82) is 0 Å². The summed E-state index contributed by atoms with van der Waals surface area (Å²) >= 11 is 0. The van der Waals surface area contributed by atoms with E-state index in [-0.39, 0.29) is 17.7 Å². The molecule has 1 fully saturated rings. The molecule has 2 aromatic heterocycles. The number of piperidine rings is 1. The maximum absolute atomic E-state index is 12.8. The number of nitrogens with one attached hydrogen (secondary N) is 1. The minimum atomic E-state index is -0.583. The van der Waals surface area contributed by atoms with Crippen LogP contribution in [0.1, 0.15) is 54.1 Å². The summed E-state index contributed by atoms with van der Waals surface area (Å²) in [4.78, 5) is 26.8. The molecule has 1 N–H and O–H groups in total. The summed E-state index contributed by atoms with van der Waals surface area (Å²) in [7, 11) is 0. The summed E-state index contributed by atoms with van der Waals surface area (Å²) in [6.45, 7) is 4.03. The maximum Gasteiger partial charge on any atom is 0.255 e. The van der Waals surface area contributed by atoms with Crippen LogP contribution in [-0.2, 0) is 17.8 Å². The van der Waals surface area contributed by atoms with Crippen molar-refractivity contribution in [3.8, 4) is 0 Å². The van der Waals surface area contributed by atoms with Crippen LogP contribution in [-0.4, -0.2) is 50.6 Å². The van der Waals surface area contributed by atoms with Crippen LogP contribution in [0.3, 0.4) is 0 Å². The van der Waals surface area contributed by atoms with Crippen molar-refractivity contribution >= 4 is 11.8 Å². The second-order valence-electron chi connectivity index (χ2n) is 7.06. The molecule has 0 aromatic carbocycles. The van der Waals surface area contributed by atoms with Crippen LogP contribution in [0.25, 0.3) is 0 Å². The van der Waals surface area contributed by atoms with Gasteiger partial charge >= 0.3 is 0 Å². The molecular formula is C18H23N5O3. The van der Waals surface area contributed by atoms with E-state index in [1.165, 1.54) is 12.5 Å². The Hall–Kier alpha value is -2.64. The van der Waals surface area contributed by atoms with Crippen LogP contribution in [0, 0.1) is 0 Å². The van der Waals surface area contributed by atoms with E-state index in [1.807, 2.05) is 4.90 Å². The average molecular weight is 357 g/mol. The van der Waals surface area contributed by atoms with Crippen molar-refractivity contribution in [2.75, 3.05) is 13.1 Å². The molecule has 0 saturated carbocycles. The number of carbonyl (C=O) groups is 2. The van der Waals surface area contributed by atoms with Gasteiger partial charge in [-0.15, -0.1) is 10.2 Å². The number of nitrogens with zero attached hydrogens (tertiary/aromatic N) is 4. The van der Waals surface area contributed by atoms with Gasteiger partial charge in [-0.1, -0.05) is 0 Å². The molecule has 0 radical (unpaired) electrons. The van der Waals surface area contributed by atoms with Crippen LogP contribution in [0.15, 0.2) is 23.0 Å². The normalized spacial score (nSPS) is 20.7. The standard InChI is InChI=1S/C18H23N5O3/c1-12(19-17(24)14-6-9-26-11-14)18(25)22-7-2-4-13(10-22)16-21-20-15-5-3-8-23(15)16/h6,9,11-13H,2-5,7-8,10H2,1H3,(H,19,24). The number of amides is 2. The van der Waals surface area contributed by atoms with Gasteiger partial charge in [-0.25, -0.2) is 0 Å². The highest BCUT2D eigenvalue weighted by atomic mass is 16.3. The summed E-state index contributed by atoms with van der Waals surface area (Å²) < 4.78 is 7.13. The number of likely N-dealkylation sites (tertiary alicyclic amines) is 1. The minimum Gasteiger partial charge on any atom is -0.472 e. The van der Waals surface area contributed by atoms with Crippen LogP contribution in [0.2, 0.25) is 0 Å². The number of carbonyl (C=O) groups excluding carboxylic acids is 2. The molecule has 0 spiro atoms. The Balaban J connectivity index is 1.40. The summed E-state index contributed by atoms with van der Waals surface area (Å²) in [5.74, 6) is 1.91. The van der Waals surface area contributed by atoms with Gasteiger partial charge in [0.2, 0.25) is 5.91 Å². The van der Waals surface area contributed by atoms with Crippen molar-refractivity contribution < 1.29 is 14.0 Å². The van der Waals surface area contributed by atoms with Gasteiger partial charge < -0.3 is 19.2 Å². The molecule has 2 amide bonds. The Morgan fingerprint density at radius 2 is 2.19 bits per heavy atom. The van der Waals surface area contributed by atoms with Crippen LogP contribution >= 0.6 is 0 Å². The number of furan rings is 1. The average Bonchev–Trinajstić information content (AvgIpc) is 3.38. The van der Waals surface area contributed by atoms with Gasteiger partial charge in [0.05, 0.1) is 11.8 Å². The van der Waals surface area contributed by atoms with Crippen molar-refractivity contribution in [2.45, 2.75) is 51.1 Å². The molecule has 2 atom stereocenters.